The molecule has 0 fully saturated rings. The quantitative estimate of drug-likeness (QED) is 0.0230. The number of nitrogens with two attached hydrogens (primary N) is 1. The van der Waals surface area contributed by atoms with Crippen LogP contribution in [0.4, 0.5) is 0 Å². The highest BCUT2D eigenvalue weighted by Gasteiger charge is 2.28. The first-order chi connectivity index (χ1) is 30.1. The first-order valence-corrected chi connectivity index (χ1v) is 26.9. The molecule has 0 radical (unpaired) electrons. The molecular formula is C50H94NO10P. The van der Waals surface area contributed by atoms with Gasteiger partial charge < -0.3 is 25.2 Å². The van der Waals surface area contributed by atoms with Crippen molar-refractivity contribution in [2.75, 3.05) is 19.8 Å². The molecule has 0 saturated carbocycles. The molecule has 0 rings (SSSR count). The SMILES string of the molecule is CCCCCC/C=C/CCCCCCCCCCCC(=O)OC[C@H](COP(=O)(O)OC[C@H](N)C(=O)O)OC(=O)CCCCCCCCCCCCC/C=C/CCCCCCCC. The van der Waals surface area contributed by atoms with E-state index in [0.717, 1.165) is 38.5 Å². The summed E-state index contributed by atoms with van der Waals surface area (Å²) in [5.41, 5.74) is 5.35. The van der Waals surface area contributed by atoms with E-state index < -0.39 is 51.1 Å². The fourth-order valence-corrected chi connectivity index (χ4v) is 7.95. The molecule has 0 spiro atoms. The highest BCUT2D eigenvalue weighted by Crippen LogP contribution is 2.43. The maximum Gasteiger partial charge on any atom is 0.472 e. The van der Waals surface area contributed by atoms with E-state index in [4.69, 9.17) is 24.8 Å². The van der Waals surface area contributed by atoms with Crippen LogP contribution >= 0.6 is 7.82 Å². The molecule has 0 aromatic heterocycles. The van der Waals surface area contributed by atoms with Crippen LogP contribution in [0.25, 0.3) is 0 Å². The first-order valence-electron chi connectivity index (χ1n) is 25.4. The Bertz CT molecular complexity index is 1150. The summed E-state index contributed by atoms with van der Waals surface area (Å²) in [6.07, 6.45) is 49.5. The fraction of sp³-hybridized carbons (Fsp3) is 0.860. The van der Waals surface area contributed by atoms with Gasteiger partial charge in [0.1, 0.15) is 12.6 Å². The van der Waals surface area contributed by atoms with Gasteiger partial charge >= 0.3 is 25.7 Å². The van der Waals surface area contributed by atoms with Crippen molar-refractivity contribution in [3.05, 3.63) is 24.3 Å². The van der Waals surface area contributed by atoms with Crippen molar-refractivity contribution in [1.82, 2.24) is 0 Å². The van der Waals surface area contributed by atoms with Crippen LogP contribution in [0.15, 0.2) is 24.3 Å². The summed E-state index contributed by atoms with van der Waals surface area (Å²) in [5, 5.41) is 8.92. The standard InChI is InChI=1S/C50H94NO10P/c1-3-5-7-9-11-13-15-17-19-21-22-23-24-26-28-30-32-34-36-38-40-42-49(53)61-46(44-59-62(56,57)60-45-47(51)50(54)55)43-58-48(52)41-39-37-35-33-31-29-27-25-20-18-16-14-12-10-8-6-4-2/h14,16-17,19,46-47H,3-13,15,18,20-45,51H2,1-2H3,(H,54,55)(H,56,57)/b16-14+,19-17+/t46-,47+/m1/s1. The molecule has 1 unspecified atom stereocenters. The molecule has 0 amide bonds. The molecule has 0 aliphatic carbocycles. The number of carbonyl (C=O) groups excluding carboxylic acids is 2. The Morgan fingerprint density at radius 1 is 0.484 bits per heavy atom. The smallest absolute Gasteiger partial charge is 0.472 e. The van der Waals surface area contributed by atoms with Crippen molar-refractivity contribution in [2.24, 2.45) is 5.73 Å². The average molecular weight is 900 g/mol. The predicted octanol–water partition coefficient (Wildman–Crippen LogP) is 14.2. The van der Waals surface area contributed by atoms with Crippen molar-refractivity contribution < 1.29 is 47.5 Å². The van der Waals surface area contributed by atoms with E-state index in [1.165, 1.54) is 167 Å². The lowest BCUT2D eigenvalue weighted by molar-refractivity contribution is -0.161. The lowest BCUT2D eigenvalue weighted by Crippen LogP contribution is -2.34. The zero-order chi connectivity index (χ0) is 45.6. The molecule has 0 aliphatic rings. The Kier molecular flexibility index (Phi) is 44.0. The maximum atomic E-state index is 12.7. The second-order valence-corrected chi connectivity index (χ2v) is 18.8. The minimum atomic E-state index is -4.72. The number of carbonyl (C=O) groups is 3. The minimum absolute atomic E-state index is 0.163. The molecule has 11 nitrogen and oxygen atoms in total. The summed E-state index contributed by atoms with van der Waals surface area (Å²) in [6.45, 7) is 2.83. The minimum Gasteiger partial charge on any atom is -0.480 e. The van der Waals surface area contributed by atoms with Crippen LogP contribution < -0.4 is 5.73 Å². The number of hydrogen-bond donors (Lipinski definition) is 3. The van der Waals surface area contributed by atoms with Gasteiger partial charge in [0.15, 0.2) is 6.10 Å². The van der Waals surface area contributed by atoms with Gasteiger partial charge in [-0.15, -0.1) is 0 Å². The van der Waals surface area contributed by atoms with Crippen LogP contribution in [0.2, 0.25) is 0 Å². The zero-order valence-corrected chi connectivity index (χ0v) is 40.6. The van der Waals surface area contributed by atoms with Gasteiger partial charge in [-0.05, 0) is 64.2 Å². The largest absolute Gasteiger partial charge is 0.480 e. The second kappa shape index (κ2) is 45.5. The number of ether oxygens (including phenoxy) is 2. The van der Waals surface area contributed by atoms with Crippen LogP contribution in [0.5, 0.6) is 0 Å². The Labute approximate surface area is 379 Å². The summed E-state index contributed by atoms with van der Waals surface area (Å²) < 4.78 is 32.8. The third kappa shape index (κ3) is 44.6. The number of carboxylic acid groups (broad SMARTS) is 1. The highest BCUT2D eigenvalue weighted by atomic mass is 31.2. The van der Waals surface area contributed by atoms with Crippen molar-refractivity contribution >= 4 is 25.7 Å². The number of allylic oxidation sites excluding steroid dienone is 4. The summed E-state index contributed by atoms with van der Waals surface area (Å²) in [4.78, 5) is 46.2. The lowest BCUT2D eigenvalue weighted by Gasteiger charge is -2.20. The van der Waals surface area contributed by atoms with Crippen LogP contribution in [0.3, 0.4) is 0 Å². The van der Waals surface area contributed by atoms with E-state index in [2.05, 4.69) is 42.7 Å². The third-order valence-electron chi connectivity index (χ3n) is 11.2. The molecule has 0 bridgehead atoms. The van der Waals surface area contributed by atoms with Crippen molar-refractivity contribution in [3.8, 4) is 0 Å². The molecule has 4 N–H and O–H groups in total. The first kappa shape index (κ1) is 60.0. The topological polar surface area (TPSA) is 172 Å². The Morgan fingerprint density at radius 2 is 0.806 bits per heavy atom. The van der Waals surface area contributed by atoms with Crippen molar-refractivity contribution in [3.63, 3.8) is 0 Å². The number of carboxylic acids is 1. The predicted molar refractivity (Wildman–Crippen MR) is 254 cm³/mol. The number of esters is 2. The van der Waals surface area contributed by atoms with Crippen LogP contribution in [0.1, 0.15) is 245 Å². The van der Waals surface area contributed by atoms with Crippen molar-refractivity contribution in [1.29, 1.82) is 0 Å². The van der Waals surface area contributed by atoms with Gasteiger partial charge in [0.25, 0.3) is 0 Å². The number of hydrogen-bond acceptors (Lipinski definition) is 9. The Balaban J connectivity index is 4.23. The number of unbranched alkanes of at least 4 members (excludes halogenated alkanes) is 30. The van der Waals surface area contributed by atoms with E-state index in [1.54, 1.807) is 0 Å². The van der Waals surface area contributed by atoms with Gasteiger partial charge in [-0.25, -0.2) is 4.57 Å². The highest BCUT2D eigenvalue weighted by molar-refractivity contribution is 7.47. The van der Waals surface area contributed by atoms with E-state index in [1.807, 2.05) is 0 Å². The number of aliphatic carboxylic acids is 1. The molecule has 0 heterocycles. The van der Waals surface area contributed by atoms with Gasteiger partial charge in [0.2, 0.25) is 0 Å². The molecule has 0 saturated heterocycles. The summed E-state index contributed by atoms with van der Waals surface area (Å²) in [5.74, 6) is -2.37. The molecule has 12 heteroatoms. The van der Waals surface area contributed by atoms with E-state index in [9.17, 15) is 23.8 Å². The second-order valence-electron chi connectivity index (χ2n) is 17.3. The molecule has 0 aliphatic heterocycles. The molecular weight excluding hydrogens is 806 g/mol. The van der Waals surface area contributed by atoms with Gasteiger partial charge in [0.05, 0.1) is 13.2 Å². The normalized spacial score (nSPS) is 13.7. The molecule has 3 atom stereocenters. The molecule has 364 valence electrons. The average Bonchev–Trinajstić information content (AvgIpc) is 3.25. The number of phosphoric acid groups is 1. The summed E-state index contributed by atoms with van der Waals surface area (Å²) >= 11 is 0. The number of phosphoric ester groups is 1. The van der Waals surface area contributed by atoms with Crippen molar-refractivity contribution in [2.45, 2.75) is 257 Å². The van der Waals surface area contributed by atoms with Crippen LogP contribution in [-0.4, -0.2) is 59.9 Å². The molecule has 0 aromatic rings. The Hall–Kier alpha value is -2.04. The van der Waals surface area contributed by atoms with Crippen LogP contribution in [-0.2, 0) is 37.5 Å². The van der Waals surface area contributed by atoms with Gasteiger partial charge in [-0.1, -0.05) is 192 Å². The molecule has 0 aromatic carbocycles. The van der Waals surface area contributed by atoms with Gasteiger partial charge in [-0.3, -0.25) is 23.4 Å². The maximum absolute atomic E-state index is 12.7. The Morgan fingerprint density at radius 3 is 1.19 bits per heavy atom. The zero-order valence-electron chi connectivity index (χ0n) is 39.7. The van der Waals surface area contributed by atoms with Gasteiger partial charge in [-0.2, -0.15) is 0 Å². The third-order valence-corrected chi connectivity index (χ3v) is 12.1. The van der Waals surface area contributed by atoms with E-state index in [-0.39, 0.29) is 19.4 Å². The summed E-state index contributed by atoms with van der Waals surface area (Å²) in [7, 11) is -4.72. The van der Waals surface area contributed by atoms with E-state index in [0.29, 0.717) is 12.8 Å². The fourth-order valence-electron chi connectivity index (χ4n) is 7.17. The monoisotopic (exact) mass is 900 g/mol. The summed E-state index contributed by atoms with van der Waals surface area (Å²) in [6, 6.07) is -1.52. The van der Waals surface area contributed by atoms with Crippen LogP contribution in [0, 0.1) is 0 Å². The van der Waals surface area contributed by atoms with E-state index >= 15 is 0 Å². The lowest BCUT2D eigenvalue weighted by atomic mass is 10.0. The number of rotatable bonds is 48. The molecule has 62 heavy (non-hydrogen) atoms. The van der Waals surface area contributed by atoms with Gasteiger partial charge in [0, 0.05) is 12.8 Å².